The summed E-state index contributed by atoms with van der Waals surface area (Å²) >= 11 is 0. The summed E-state index contributed by atoms with van der Waals surface area (Å²) in [5.74, 6) is -0.0595. The predicted octanol–water partition coefficient (Wildman–Crippen LogP) is 6.77. The summed E-state index contributed by atoms with van der Waals surface area (Å²) in [5.41, 5.74) is 0. The molecule has 24 heavy (non-hydrogen) atoms. The quantitative estimate of drug-likeness (QED) is 0.132. The molecule has 3 heteroatoms. The second-order valence-electron chi connectivity index (χ2n) is 7.17. The monoisotopic (exact) mass is 358 g/mol. The molecule has 0 aromatic rings. The third-order valence-corrected chi connectivity index (χ3v) is 11.8. The molecule has 1 unspecified atom stereocenters. The fourth-order valence-corrected chi connectivity index (χ4v) is 7.80. The number of carbonyl (C=O) groups excluding carboxylic acids is 1. The first kappa shape index (κ1) is 23.6. The zero-order valence-corrected chi connectivity index (χ0v) is 17.9. The summed E-state index contributed by atoms with van der Waals surface area (Å²) in [5, 5.41) is 0. The molecule has 0 N–H and O–H groups in total. The average molecular weight is 359 g/mol. The van der Waals surface area contributed by atoms with Gasteiger partial charge in [-0.05, 0) is 0 Å². The van der Waals surface area contributed by atoms with Gasteiger partial charge in [-0.1, -0.05) is 0 Å². The molecule has 144 valence electrons. The van der Waals surface area contributed by atoms with Gasteiger partial charge in [0.05, 0.1) is 0 Å². The summed E-state index contributed by atoms with van der Waals surface area (Å²) < 4.78 is 5.81. The number of hydrogen-bond donors (Lipinski definition) is 0. The Morgan fingerprint density at radius 1 is 0.875 bits per heavy atom. The molecule has 0 aliphatic heterocycles. The van der Waals surface area contributed by atoms with Crippen molar-refractivity contribution in [2.24, 2.45) is 0 Å². The molecule has 0 aliphatic carbocycles. The molecule has 0 rings (SSSR count). The molecule has 0 bridgehead atoms. The van der Waals surface area contributed by atoms with E-state index in [1.165, 1.54) is 82.3 Å². The summed E-state index contributed by atoms with van der Waals surface area (Å²) in [6.07, 6.45) is 18.0. The number of ether oxygens (including phenoxy) is 1. The van der Waals surface area contributed by atoms with E-state index in [2.05, 4.69) is 34.3 Å². The third kappa shape index (κ3) is 9.21. The zero-order valence-electron chi connectivity index (χ0n) is 16.9. The van der Waals surface area contributed by atoms with Gasteiger partial charge in [-0.2, -0.15) is 0 Å². The van der Waals surface area contributed by atoms with Crippen molar-refractivity contribution in [3.05, 3.63) is 12.7 Å². The van der Waals surface area contributed by atoms with Crippen LogP contribution < -0.4 is 0 Å². The Hall–Kier alpha value is -0.360. The van der Waals surface area contributed by atoms with E-state index in [-0.39, 0.29) is 11.8 Å². The number of hydrogen-bond acceptors (Lipinski definition) is 2. The van der Waals surface area contributed by atoms with Gasteiger partial charge >= 0.3 is 152 Å². The van der Waals surface area contributed by atoms with Gasteiger partial charge < -0.3 is 0 Å². The second-order valence-corrected chi connectivity index (χ2v) is 12.7. The Kier molecular flexibility index (Phi) is 14.7. The Morgan fingerprint density at radius 3 is 1.75 bits per heavy atom. The molecule has 0 radical (unpaired) electrons. The molecule has 1 atom stereocenters. The maximum absolute atomic E-state index is 11.8. The van der Waals surface area contributed by atoms with E-state index in [1.807, 2.05) is 0 Å². The van der Waals surface area contributed by atoms with E-state index in [0.29, 0.717) is 0 Å². The van der Waals surface area contributed by atoms with Gasteiger partial charge in [0.25, 0.3) is 0 Å². The predicted molar refractivity (Wildman–Crippen MR) is 112 cm³/mol. The van der Waals surface area contributed by atoms with Gasteiger partial charge in [-0.3, -0.25) is 0 Å². The first-order valence-electron chi connectivity index (χ1n) is 10.4. The Bertz CT molecular complexity index is 316. The fourth-order valence-electron chi connectivity index (χ4n) is 3.75. The Morgan fingerprint density at radius 2 is 1.33 bits per heavy atom. The van der Waals surface area contributed by atoms with Crippen molar-refractivity contribution in [2.45, 2.75) is 97.7 Å². The van der Waals surface area contributed by atoms with Crippen LogP contribution in [0.1, 0.15) is 91.9 Å². The molecule has 2 nitrogen and oxygen atoms in total. The first-order chi connectivity index (χ1) is 11.6. The summed E-state index contributed by atoms with van der Waals surface area (Å²) in [7, 11) is -1.51. The van der Waals surface area contributed by atoms with Crippen LogP contribution in [0.25, 0.3) is 0 Å². The minimum atomic E-state index is -1.51. The van der Waals surface area contributed by atoms with Crippen LogP contribution in [0.4, 0.5) is 0 Å². The molecule has 0 saturated heterocycles. The van der Waals surface area contributed by atoms with E-state index in [4.69, 9.17) is 4.74 Å². The van der Waals surface area contributed by atoms with E-state index in [1.54, 1.807) is 0 Å². The first-order valence-corrected chi connectivity index (χ1v) is 13.1. The molecule has 0 saturated carbocycles. The normalized spacial score (nSPS) is 13.5. The van der Waals surface area contributed by atoms with Crippen molar-refractivity contribution in [3.63, 3.8) is 0 Å². The number of carbonyl (C=O) groups is 1. The van der Waals surface area contributed by atoms with Crippen LogP contribution in [-0.4, -0.2) is 30.3 Å². The molecule has 0 aromatic carbocycles. The van der Waals surface area contributed by atoms with Crippen LogP contribution in [0.15, 0.2) is 12.7 Å². The van der Waals surface area contributed by atoms with Crippen molar-refractivity contribution in [1.82, 2.24) is 0 Å². The maximum atomic E-state index is 11.8. The number of rotatable bonds is 16. The van der Waals surface area contributed by atoms with Crippen LogP contribution in [0.2, 0.25) is 0 Å². The average Bonchev–Trinajstić information content (AvgIpc) is 2.61. The van der Waals surface area contributed by atoms with E-state index in [9.17, 15) is 4.79 Å². The van der Waals surface area contributed by atoms with Crippen molar-refractivity contribution in [2.75, 3.05) is 18.5 Å². The van der Waals surface area contributed by atoms with Crippen LogP contribution >= 0.6 is 7.26 Å². The number of esters is 1. The zero-order chi connectivity index (χ0) is 18.3. The van der Waals surface area contributed by atoms with Crippen LogP contribution in [0.3, 0.4) is 0 Å². The molecular formula is C21H43O2P. The van der Waals surface area contributed by atoms with Gasteiger partial charge in [0, 0.05) is 0 Å². The molecule has 0 spiro atoms. The van der Waals surface area contributed by atoms with Crippen LogP contribution in [-0.2, 0) is 9.53 Å². The molecule has 0 fully saturated rings. The van der Waals surface area contributed by atoms with Gasteiger partial charge in [0.2, 0.25) is 0 Å². The third-order valence-electron chi connectivity index (χ3n) is 5.79. The standard InChI is InChI=1S/C21H43O2P/c1-6-11-12-13-14-15-16-17-18-19-21(23-20(22)7-2)24(8-3,9-4)10-5/h7,21,24H,2,6,8-19H2,1,3-5H3. The fraction of sp³-hybridized carbons (Fsp3) is 0.857. The Balaban J connectivity index is 4.23. The van der Waals surface area contributed by atoms with E-state index >= 15 is 0 Å². The summed E-state index contributed by atoms with van der Waals surface area (Å²) in [6.45, 7) is 12.7. The SMILES string of the molecule is C=CC(=O)OC(CCCCCCCCCCC)[PH](CC)(CC)CC. The van der Waals surface area contributed by atoms with Gasteiger partial charge in [0.15, 0.2) is 0 Å². The van der Waals surface area contributed by atoms with Crippen molar-refractivity contribution in [3.8, 4) is 0 Å². The van der Waals surface area contributed by atoms with E-state index < -0.39 is 7.26 Å². The molecule has 0 amide bonds. The van der Waals surface area contributed by atoms with Gasteiger partial charge in [0.1, 0.15) is 0 Å². The van der Waals surface area contributed by atoms with Gasteiger partial charge in [-0.15, -0.1) is 0 Å². The van der Waals surface area contributed by atoms with E-state index in [0.717, 1.165) is 6.42 Å². The molecular weight excluding hydrogens is 315 g/mol. The van der Waals surface area contributed by atoms with Crippen molar-refractivity contribution >= 4 is 13.2 Å². The minimum absolute atomic E-state index is 0.174. The molecule has 0 aromatic heterocycles. The van der Waals surface area contributed by atoms with Crippen molar-refractivity contribution < 1.29 is 9.53 Å². The van der Waals surface area contributed by atoms with Crippen molar-refractivity contribution in [1.29, 1.82) is 0 Å². The summed E-state index contributed by atoms with van der Waals surface area (Å²) in [6, 6.07) is 0. The second kappa shape index (κ2) is 14.9. The Labute approximate surface area is 152 Å². The summed E-state index contributed by atoms with van der Waals surface area (Å²) in [4.78, 5) is 11.8. The molecule has 0 heterocycles. The van der Waals surface area contributed by atoms with Crippen LogP contribution in [0, 0.1) is 0 Å². The van der Waals surface area contributed by atoms with Gasteiger partial charge in [-0.25, -0.2) is 0 Å². The van der Waals surface area contributed by atoms with Crippen LogP contribution in [0.5, 0.6) is 0 Å². The number of unbranched alkanes of at least 4 members (excludes halogenated alkanes) is 8. The molecule has 0 aliphatic rings. The topological polar surface area (TPSA) is 26.3 Å².